The lowest BCUT2D eigenvalue weighted by Gasteiger charge is -2.40. The molecule has 1 heterocycles. The first kappa shape index (κ1) is 16.2. The highest BCUT2D eigenvalue weighted by Gasteiger charge is 2.24. The second-order valence-corrected chi connectivity index (χ2v) is 5.66. The van der Waals surface area contributed by atoms with Crippen LogP contribution in [0, 0.1) is 0 Å². The highest BCUT2D eigenvalue weighted by molar-refractivity contribution is 5.48. The molecule has 3 nitrogen and oxygen atoms in total. The third-order valence-electron chi connectivity index (χ3n) is 4.22. The van der Waals surface area contributed by atoms with E-state index in [9.17, 15) is 0 Å². The van der Waals surface area contributed by atoms with Gasteiger partial charge >= 0.3 is 0 Å². The molecule has 0 amide bonds. The maximum Gasteiger partial charge on any atom is 0.0589 e. The molecule has 0 bridgehead atoms. The molecule has 1 aromatic carbocycles. The normalized spacial score (nSPS) is 21.1. The second-order valence-electron chi connectivity index (χ2n) is 5.66. The fraction of sp³-hybridized carbons (Fsp3) is 0.556. The van der Waals surface area contributed by atoms with Crippen molar-refractivity contribution in [1.29, 1.82) is 0 Å². The van der Waals surface area contributed by atoms with Gasteiger partial charge in [0, 0.05) is 45.9 Å². The molecule has 1 aliphatic rings. The number of hydrogen-bond donors (Lipinski definition) is 0. The number of piperazine rings is 1. The third-order valence-corrected chi connectivity index (χ3v) is 4.22. The monoisotopic (exact) mass is 288 g/mol. The SMILES string of the molecule is CCC1CN(C/C=C/c2ccccc2)CCN1CCOC. The smallest absolute Gasteiger partial charge is 0.0589 e. The van der Waals surface area contributed by atoms with Crippen LogP contribution in [0.1, 0.15) is 18.9 Å². The van der Waals surface area contributed by atoms with E-state index in [0.717, 1.165) is 32.8 Å². The van der Waals surface area contributed by atoms with Crippen LogP contribution >= 0.6 is 0 Å². The van der Waals surface area contributed by atoms with Gasteiger partial charge in [-0.05, 0) is 12.0 Å². The summed E-state index contributed by atoms with van der Waals surface area (Å²) >= 11 is 0. The molecule has 3 heteroatoms. The van der Waals surface area contributed by atoms with Gasteiger partial charge in [0.2, 0.25) is 0 Å². The highest BCUT2D eigenvalue weighted by Crippen LogP contribution is 2.13. The fourth-order valence-electron chi connectivity index (χ4n) is 2.92. The van der Waals surface area contributed by atoms with Crippen molar-refractivity contribution in [3.63, 3.8) is 0 Å². The van der Waals surface area contributed by atoms with Gasteiger partial charge in [-0.3, -0.25) is 9.80 Å². The fourth-order valence-corrected chi connectivity index (χ4v) is 2.92. The van der Waals surface area contributed by atoms with Crippen molar-refractivity contribution < 1.29 is 4.74 Å². The van der Waals surface area contributed by atoms with E-state index in [4.69, 9.17) is 4.74 Å². The van der Waals surface area contributed by atoms with Crippen molar-refractivity contribution in [3.05, 3.63) is 42.0 Å². The number of benzene rings is 1. The van der Waals surface area contributed by atoms with Crippen LogP contribution in [0.2, 0.25) is 0 Å². The first-order valence-corrected chi connectivity index (χ1v) is 8.00. The minimum absolute atomic E-state index is 0.666. The molecule has 1 aliphatic heterocycles. The summed E-state index contributed by atoms with van der Waals surface area (Å²) in [7, 11) is 1.78. The standard InChI is InChI=1S/C18H28N2O/c1-3-18-16-19(12-13-20(18)14-15-21-2)11-7-10-17-8-5-4-6-9-17/h4-10,18H,3,11-16H2,1-2H3/b10-7+. The molecule has 21 heavy (non-hydrogen) atoms. The summed E-state index contributed by atoms with van der Waals surface area (Å²) < 4.78 is 5.21. The van der Waals surface area contributed by atoms with E-state index >= 15 is 0 Å². The van der Waals surface area contributed by atoms with E-state index in [-0.39, 0.29) is 0 Å². The summed E-state index contributed by atoms with van der Waals surface area (Å²) in [5.41, 5.74) is 1.28. The molecule has 0 N–H and O–H groups in total. The maximum absolute atomic E-state index is 5.21. The molecule has 1 aromatic rings. The van der Waals surface area contributed by atoms with Gasteiger partial charge in [0.15, 0.2) is 0 Å². The Hall–Kier alpha value is -1.16. The van der Waals surface area contributed by atoms with E-state index in [1.54, 1.807) is 7.11 Å². The molecule has 1 atom stereocenters. The van der Waals surface area contributed by atoms with Crippen LogP contribution in [-0.2, 0) is 4.74 Å². The lowest BCUT2D eigenvalue weighted by Crippen LogP contribution is -2.53. The number of hydrogen-bond acceptors (Lipinski definition) is 3. The summed E-state index contributed by atoms with van der Waals surface area (Å²) in [6.07, 6.45) is 5.72. The largest absolute Gasteiger partial charge is 0.383 e. The molecular formula is C18H28N2O. The Morgan fingerprint density at radius 2 is 2.05 bits per heavy atom. The van der Waals surface area contributed by atoms with Crippen LogP contribution in [0.3, 0.4) is 0 Å². The van der Waals surface area contributed by atoms with Gasteiger partial charge in [0.25, 0.3) is 0 Å². The summed E-state index contributed by atoms with van der Waals surface area (Å²) in [6.45, 7) is 8.70. The Morgan fingerprint density at radius 3 is 2.76 bits per heavy atom. The molecule has 0 aromatic heterocycles. The minimum atomic E-state index is 0.666. The van der Waals surface area contributed by atoms with Crippen LogP contribution in [0.4, 0.5) is 0 Å². The van der Waals surface area contributed by atoms with Gasteiger partial charge in [-0.15, -0.1) is 0 Å². The number of methoxy groups -OCH3 is 1. The summed E-state index contributed by atoms with van der Waals surface area (Å²) in [5.74, 6) is 0. The Morgan fingerprint density at radius 1 is 1.24 bits per heavy atom. The molecular weight excluding hydrogens is 260 g/mol. The molecule has 0 spiro atoms. The van der Waals surface area contributed by atoms with Crippen LogP contribution < -0.4 is 0 Å². The topological polar surface area (TPSA) is 15.7 Å². The zero-order chi connectivity index (χ0) is 14.9. The van der Waals surface area contributed by atoms with Crippen molar-refractivity contribution in [2.75, 3.05) is 46.4 Å². The summed E-state index contributed by atoms with van der Waals surface area (Å²) in [5, 5.41) is 0. The van der Waals surface area contributed by atoms with Gasteiger partial charge in [-0.1, -0.05) is 49.4 Å². The molecule has 2 rings (SSSR count). The Bertz CT molecular complexity index is 418. The van der Waals surface area contributed by atoms with Gasteiger partial charge in [0.1, 0.15) is 0 Å². The van der Waals surface area contributed by atoms with Crippen molar-refractivity contribution >= 4 is 6.08 Å². The molecule has 116 valence electrons. The van der Waals surface area contributed by atoms with E-state index in [1.807, 2.05) is 0 Å². The van der Waals surface area contributed by atoms with Crippen LogP contribution in [0.25, 0.3) is 6.08 Å². The zero-order valence-electron chi connectivity index (χ0n) is 13.4. The first-order valence-electron chi connectivity index (χ1n) is 8.00. The lowest BCUT2D eigenvalue weighted by molar-refractivity contribution is 0.0547. The van der Waals surface area contributed by atoms with Crippen LogP contribution in [0.5, 0.6) is 0 Å². The van der Waals surface area contributed by atoms with Crippen molar-refractivity contribution in [2.45, 2.75) is 19.4 Å². The second kappa shape index (κ2) is 8.98. The van der Waals surface area contributed by atoms with E-state index < -0.39 is 0 Å². The zero-order valence-corrected chi connectivity index (χ0v) is 13.4. The number of nitrogens with zero attached hydrogens (tertiary/aromatic N) is 2. The number of ether oxygens (including phenoxy) is 1. The van der Waals surface area contributed by atoms with Crippen molar-refractivity contribution in [1.82, 2.24) is 9.80 Å². The Labute approximate surface area is 129 Å². The number of rotatable bonds is 7. The molecule has 0 saturated carbocycles. The Balaban J connectivity index is 1.79. The van der Waals surface area contributed by atoms with Crippen molar-refractivity contribution in [3.8, 4) is 0 Å². The summed E-state index contributed by atoms with van der Waals surface area (Å²) in [4.78, 5) is 5.12. The Kier molecular flexibility index (Phi) is 6.93. The van der Waals surface area contributed by atoms with Gasteiger partial charge in [0.05, 0.1) is 6.61 Å². The van der Waals surface area contributed by atoms with E-state index in [1.165, 1.54) is 18.5 Å². The van der Waals surface area contributed by atoms with Gasteiger partial charge in [-0.25, -0.2) is 0 Å². The van der Waals surface area contributed by atoms with Gasteiger partial charge < -0.3 is 4.74 Å². The van der Waals surface area contributed by atoms with E-state index in [0.29, 0.717) is 6.04 Å². The lowest BCUT2D eigenvalue weighted by atomic mass is 10.1. The molecule has 0 aliphatic carbocycles. The molecule has 1 saturated heterocycles. The third kappa shape index (κ3) is 5.27. The minimum Gasteiger partial charge on any atom is -0.383 e. The van der Waals surface area contributed by atoms with E-state index in [2.05, 4.69) is 59.2 Å². The van der Waals surface area contributed by atoms with Gasteiger partial charge in [-0.2, -0.15) is 0 Å². The predicted molar refractivity (Wildman–Crippen MR) is 89.4 cm³/mol. The maximum atomic E-state index is 5.21. The van der Waals surface area contributed by atoms with Crippen LogP contribution in [0.15, 0.2) is 36.4 Å². The predicted octanol–water partition coefficient (Wildman–Crippen LogP) is 2.74. The first-order chi connectivity index (χ1) is 10.3. The average molecular weight is 288 g/mol. The van der Waals surface area contributed by atoms with Crippen LogP contribution in [-0.4, -0.2) is 62.3 Å². The average Bonchev–Trinajstić information content (AvgIpc) is 2.54. The molecule has 0 radical (unpaired) electrons. The van der Waals surface area contributed by atoms with Crippen molar-refractivity contribution in [2.24, 2.45) is 0 Å². The molecule has 1 unspecified atom stereocenters. The summed E-state index contributed by atoms with van der Waals surface area (Å²) in [6, 6.07) is 11.2. The molecule has 1 fully saturated rings. The quantitative estimate of drug-likeness (QED) is 0.767. The highest BCUT2D eigenvalue weighted by atomic mass is 16.5.